The molecule has 0 saturated carbocycles. The molecule has 0 atom stereocenters. The van der Waals surface area contributed by atoms with Crippen LogP contribution in [0.4, 0.5) is 0 Å². The maximum absolute atomic E-state index is 6.79. The summed E-state index contributed by atoms with van der Waals surface area (Å²) in [7, 11) is 0. The van der Waals surface area contributed by atoms with Gasteiger partial charge in [-0.1, -0.05) is 84.9 Å². The van der Waals surface area contributed by atoms with E-state index in [1.807, 2.05) is 11.3 Å². The van der Waals surface area contributed by atoms with Gasteiger partial charge in [0.05, 0.1) is 27.5 Å². The number of nitrogens with zero attached hydrogens (tertiary/aromatic N) is 2. The van der Waals surface area contributed by atoms with Crippen molar-refractivity contribution in [3.63, 3.8) is 0 Å². The lowest BCUT2D eigenvalue weighted by Gasteiger charge is -2.08. The summed E-state index contributed by atoms with van der Waals surface area (Å²) in [6.45, 7) is 0. The topological polar surface area (TPSA) is 23.0 Å². The van der Waals surface area contributed by atoms with Crippen LogP contribution >= 0.6 is 11.3 Å². The second kappa shape index (κ2) is 10.5. The van der Waals surface area contributed by atoms with Gasteiger partial charge in [0.15, 0.2) is 0 Å². The lowest BCUT2D eigenvalue weighted by Crippen LogP contribution is -1.93. The zero-order valence-corrected chi connectivity index (χ0v) is 28.7. The number of hydrogen-bond acceptors (Lipinski definition) is 2. The molecule has 0 radical (unpaired) electrons. The number of aromatic nitrogens is 2. The molecule has 0 aliphatic carbocycles. The minimum Gasteiger partial charge on any atom is -0.455 e. The van der Waals surface area contributed by atoms with Crippen molar-refractivity contribution in [3.8, 4) is 22.5 Å². The summed E-state index contributed by atoms with van der Waals surface area (Å²) in [5.41, 5.74) is 11.3. The first kappa shape index (κ1) is 28.1. The van der Waals surface area contributed by atoms with E-state index in [-0.39, 0.29) is 0 Å². The average molecular weight is 681 g/mol. The lowest BCUT2D eigenvalue weighted by molar-refractivity contribution is 0.673. The van der Waals surface area contributed by atoms with Crippen LogP contribution in [0.5, 0.6) is 0 Å². The number of para-hydroxylation sites is 3. The highest BCUT2D eigenvalue weighted by Crippen LogP contribution is 2.43. The fraction of sp³-hybridized carbons (Fsp3) is 0. The fourth-order valence-corrected chi connectivity index (χ4v) is 9.69. The molecule has 242 valence electrons. The van der Waals surface area contributed by atoms with Crippen LogP contribution in [0.2, 0.25) is 0 Å². The third-order valence-electron chi connectivity index (χ3n) is 10.9. The molecule has 0 N–H and O–H groups in total. The molecule has 0 unspecified atom stereocenters. The van der Waals surface area contributed by atoms with Gasteiger partial charge < -0.3 is 13.6 Å². The number of benzene rings is 8. The van der Waals surface area contributed by atoms with Crippen molar-refractivity contribution in [3.05, 3.63) is 170 Å². The highest BCUT2D eigenvalue weighted by molar-refractivity contribution is 7.25. The number of hydrogen-bond donors (Lipinski definition) is 0. The van der Waals surface area contributed by atoms with Gasteiger partial charge in [-0.2, -0.15) is 0 Å². The molecule has 4 heterocycles. The van der Waals surface area contributed by atoms with Crippen LogP contribution in [0.25, 0.3) is 108 Å². The van der Waals surface area contributed by atoms with Gasteiger partial charge >= 0.3 is 0 Å². The van der Waals surface area contributed by atoms with Gasteiger partial charge in [-0.3, -0.25) is 0 Å². The predicted octanol–water partition coefficient (Wildman–Crippen LogP) is 13.8. The van der Waals surface area contributed by atoms with E-state index in [0.29, 0.717) is 0 Å². The standard InChI is InChI=1S/C48H28N2OS/c1-2-10-31(11-3-1)49-40-15-7-4-12-33(40)37-26-29(18-22-42(37)49)30-19-24-44-38(27-30)35-21-23-43-47(48(35)51-44)36-14-5-8-16-41(36)50(43)32-20-25-46-39(28-32)34-13-6-9-17-45(34)52-46/h1-28H. The molecule has 8 aromatic carbocycles. The Bertz CT molecular complexity index is 3410. The Morgan fingerprint density at radius 3 is 1.87 bits per heavy atom. The Morgan fingerprint density at radius 2 is 1.00 bits per heavy atom. The molecule has 0 aliphatic rings. The van der Waals surface area contributed by atoms with Gasteiger partial charge in [-0.25, -0.2) is 0 Å². The van der Waals surface area contributed by atoms with E-state index in [2.05, 4.69) is 179 Å². The Labute approximate surface area is 301 Å². The average Bonchev–Trinajstić information content (AvgIpc) is 3.95. The van der Waals surface area contributed by atoms with Crippen LogP contribution < -0.4 is 0 Å². The van der Waals surface area contributed by atoms with Gasteiger partial charge in [0.25, 0.3) is 0 Å². The Kier molecular flexibility index (Phi) is 5.65. The van der Waals surface area contributed by atoms with Crippen molar-refractivity contribution < 1.29 is 4.42 Å². The summed E-state index contributed by atoms with van der Waals surface area (Å²) in [5, 5.41) is 9.71. The number of fused-ring (bicyclic) bond motifs is 13. The number of furan rings is 1. The van der Waals surface area contributed by atoms with Crippen molar-refractivity contribution in [2.75, 3.05) is 0 Å². The summed E-state index contributed by atoms with van der Waals surface area (Å²) in [6, 6.07) is 61.7. The third kappa shape index (κ3) is 3.84. The van der Waals surface area contributed by atoms with Gasteiger partial charge in [-0.15, -0.1) is 11.3 Å². The van der Waals surface area contributed by atoms with Crippen molar-refractivity contribution >= 4 is 97.1 Å². The summed E-state index contributed by atoms with van der Waals surface area (Å²) >= 11 is 1.85. The molecule has 12 rings (SSSR count). The molecule has 52 heavy (non-hydrogen) atoms. The Balaban J connectivity index is 1.05. The molecule has 12 aromatic rings. The van der Waals surface area contributed by atoms with E-state index in [0.717, 1.165) is 38.5 Å². The van der Waals surface area contributed by atoms with Crippen LogP contribution in [0.3, 0.4) is 0 Å². The SMILES string of the molecule is c1ccc(-n2c3ccccc3c3cc(-c4ccc5oc6c(ccc7c6c6ccccc6n7-c6ccc7sc8ccccc8c7c6)c5c4)ccc32)cc1. The van der Waals surface area contributed by atoms with Crippen LogP contribution in [0, 0.1) is 0 Å². The maximum Gasteiger partial charge on any atom is 0.145 e. The second-order valence-electron chi connectivity index (χ2n) is 13.7. The molecule has 0 saturated heterocycles. The quantitative estimate of drug-likeness (QED) is 0.182. The van der Waals surface area contributed by atoms with Crippen LogP contribution in [-0.4, -0.2) is 9.13 Å². The molecule has 4 aromatic heterocycles. The monoisotopic (exact) mass is 680 g/mol. The minimum atomic E-state index is 0.899. The van der Waals surface area contributed by atoms with Crippen molar-refractivity contribution in [2.45, 2.75) is 0 Å². The van der Waals surface area contributed by atoms with Gasteiger partial charge in [0.1, 0.15) is 11.2 Å². The predicted molar refractivity (Wildman–Crippen MR) is 221 cm³/mol. The largest absolute Gasteiger partial charge is 0.455 e. The minimum absolute atomic E-state index is 0.899. The molecular weight excluding hydrogens is 653 g/mol. The Hall–Kier alpha value is -6.62. The van der Waals surface area contributed by atoms with E-state index in [4.69, 9.17) is 4.42 Å². The van der Waals surface area contributed by atoms with Gasteiger partial charge in [0, 0.05) is 58.5 Å². The highest BCUT2D eigenvalue weighted by Gasteiger charge is 2.20. The Morgan fingerprint density at radius 1 is 0.365 bits per heavy atom. The summed E-state index contributed by atoms with van der Waals surface area (Å²) < 4.78 is 14.2. The van der Waals surface area contributed by atoms with E-state index >= 15 is 0 Å². The van der Waals surface area contributed by atoms with E-state index < -0.39 is 0 Å². The maximum atomic E-state index is 6.79. The van der Waals surface area contributed by atoms with Crippen LogP contribution in [0.15, 0.2) is 174 Å². The molecule has 0 spiro atoms. The smallest absolute Gasteiger partial charge is 0.145 e. The molecular formula is C48H28N2OS. The third-order valence-corrected chi connectivity index (χ3v) is 12.1. The molecule has 0 aliphatic heterocycles. The summed E-state index contributed by atoms with van der Waals surface area (Å²) in [6.07, 6.45) is 0. The lowest BCUT2D eigenvalue weighted by atomic mass is 10.00. The van der Waals surface area contributed by atoms with Crippen LogP contribution in [-0.2, 0) is 0 Å². The zero-order chi connectivity index (χ0) is 33.9. The van der Waals surface area contributed by atoms with Crippen molar-refractivity contribution in [1.82, 2.24) is 9.13 Å². The highest BCUT2D eigenvalue weighted by atomic mass is 32.1. The molecule has 0 bridgehead atoms. The van der Waals surface area contributed by atoms with Crippen molar-refractivity contribution in [1.29, 1.82) is 0 Å². The summed E-state index contributed by atoms with van der Waals surface area (Å²) in [4.78, 5) is 0. The van der Waals surface area contributed by atoms with Gasteiger partial charge in [0.2, 0.25) is 0 Å². The molecule has 0 amide bonds. The molecule has 3 nitrogen and oxygen atoms in total. The number of rotatable bonds is 3. The molecule has 4 heteroatoms. The number of thiophene rings is 1. The van der Waals surface area contributed by atoms with Crippen molar-refractivity contribution in [2.24, 2.45) is 0 Å². The van der Waals surface area contributed by atoms with E-state index in [9.17, 15) is 0 Å². The van der Waals surface area contributed by atoms with Crippen LogP contribution in [0.1, 0.15) is 0 Å². The summed E-state index contributed by atoms with van der Waals surface area (Å²) in [5.74, 6) is 0. The molecule has 0 fully saturated rings. The first-order valence-corrected chi connectivity index (χ1v) is 18.5. The zero-order valence-electron chi connectivity index (χ0n) is 27.9. The fourth-order valence-electron chi connectivity index (χ4n) is 8.60. The first-order valence-electron chi connectivity index (χ1n) is 17.7. The van der Waals surface area contributed by atoms with Gasteiger partial charge in [-0.05, 0) is 96.1 Å². The first-order chi connectivity index (χ1) is 25.8. The van der Waals surface area contributed by atoms with E-state index in [1.165, 1.54) is 69.7 Å². The normalized spacial score (nSPS) is 12.2. The van der Waals surface area contributed by atoms with E-state index in [1.54, 1.807) is 0 Å². The second-order valence-corrected chi connectivity index (χ2v) is 14.8.